The van der Waals surface area contributed by atoms with Crippen LogP contribution in [0.5, 0.6) is 5.75 Å². The van der Waals surface area contributed by atoms with E-state index < -0.39 is 6.10 Å². The lowest BCUT2D eigenvalue weighted by Gasteiger charge is -2.34. The van der Waals surface area contributed by atoms with Gasteiger partial charge >= 0.3 is 5.97 Å². The predicted octanol–water partition coefficient (Wildman–Crippen LogP) is 5.75. The molecule has 0 spiro atoms. The molecular formula is C28H25N3O4S. The van der Waals surface area contributed by atoms with E-state index in [9.17, 15) is 9.59 Å². The molecule has 8 heteroatoms. The van der Waals surface area contributed by atoms with Gasteiger partial charge in [0.1, 0.15) is 10.8 Å². The molecule has 0 saturated carbocycles. The molecule has 0 saturated heterocycles. The summed E-state index contributed by atoms with van der Waals surface area (Å²) in [7, 11) is 0. The lowest BCUT2D eigenvalue weighted by molar-refractivity contribution is -0.126. The Kier molecular flexibility index (Phi) is 6.77. The third-order valence-corrected chi connectivity index (χ3v) is 6.76. The minimum absolute atomic E-state index is 0.115. The van der Waals surface area contributed by atoms with Crippen molar-refractivity contribution in [3.05, 3.63) is 83.4 Å². The molecule has 1 atom stereocenters. The molecular weight excluding hydrogens is 474 g/mol. The van der Waals surface area contributed by atoms with Crippen LogP contribution in [0.2, 0.25) is 0 Å². The number of ether oxygens (including phenoxy) is 2. The monoisotopic (exact) mass is 499 g/mol. The summed E-state index contributed by atoms with van der Waals surface area (Å²) in [5, 5.41) is 2.81. The number of carbonyl (C=O) groups excluding carboxylic acids is 2. The van der Waals surface area contributed by atoms with Crippen LogP contribution >= 0.6 is 11.3 Å². The summed E-state index contributed by atoms with van der Waals surface area (Å²) in [4.78, 5) is 36.5. The highest BCUT2D eigenvalue weighted by molar-refractivity contribution is 7.13. The molecule has 1 aliphatic rings. The van der Waals surface area contributed by atoms with Crippen molar-refractivity contribution in [2.45, 2.75) is 32.9 Å². The van der Waals surface area contributed by atoms with Crippen LogP contribution in [0.3, 0.4) is 0 Å². The molecule has 7 nitrogen and oxygen atoms in total. The zero-order valence-corrected chi connectivity index (χ0v) is 20.8. The first-order valence-electron chi connectivity index (χ1n) is 11.8. The highest BCUT2D eigenvalue weighted by atomic mass is 32.1. The maximum Gasteiger partial charge on any atom is 0.338 e. The van der Waals surface area contributed by atoms with Crippen LogP contribution < -0.4 is 9.64 Å². The highest BCUT2D eigenvalue weighted by Crippen LogP contribution is 2.39. The molecule has 0 aliphatic carbocycles. The van der Waals surface area contributed by atoms with Gasteiger partial charge in [-0.3, -0.25) is 9.78 Å². The van der Waals surface area contributed by atoms with Gasteiger partial charge in [-0.05, 0) is 61.4 Å². The van der Waals surface area contributed by atoms with E-state index in [1.165, 1.54) is 11.3 Å². The summed E-state index contributed by atoms with van der Waals surface area (Å²) < 4.78 is 11.2. The van der Waals surface area contributed by atoms with Crippen LogP contribution in [-0.2, 0) is 16.1 Å². The Morgan fingerprint density at radius 2 is 1.97 bits per heavy atom. The second kappa shape index (κ2) is 10.3. The lowest BCUT2D eigenvalue weighted by Crippen LogP contribution is -2.45. The van der Waals surface area contributed by atoms with Gasteiger partial charge in [0.15, 0.2) is 6.10 Å². The Morgan fingerprint density at radius 1 is 1.08 bits per heavy atom. The Hall–Kier alpha value is -4.04. The van der Waals surface area contributed by atoms with Crippen LogP contribution in [0.1, 0.15) is 36.2 Å². The van der Waals surface area contributed by atoms with Crippen LogP contribution in [0.25, 0.3) is 22.0 Å². The second-order valence-corrected chi connectivity index (χ2v) is 9.15. The van der Waals surface area contributed by atoms with Gasteiger partial charge in [-0.25, -0.2) is 9.78 Å². The predicted molar refractivity (Wildman–Crippen MR) is 139 cm³/mol. The van der Waals surface area contributed by atoms with Crippen molar-refractivity contribution in [1.82, 2.24) is 9.97 Å². The standard InChI is InChI=1S/C28H25N3O4S/c1-3-24-27(32)31(16-18-8-7-9-20(14-18)28(33)34-4-2)23-15-19(11-12-25(23)35-24)22-17-36-26(30-22)21-10-5-6-13-29-21/h5-15,17,24H,3-4,16H2,1-2H3. The molecule has 0 radical (unpaired) electrons. The number of fused-ring (bicyclic) bond motifs is 1. The molecule has 1 amide bonds. The van der Waals surface area contributed by atoms with Gasteiger partial charge in [0.2, 0.25) is 0 Å². The number of benzene rings is 2. The molecule has 0 N–H and O–H groups in total. The second-order valence-electron chi connectivity index (χ2n) is 8.30. The van der Waals surface area contributed by atoms with Gasteiger partial charge < -0.3 is 14.4 Å². The molecule has 2 aromatic heterocycles. The summed E-state index contributed by atoms with van der Waals surface area (Å²) in [5.41, 5.74) is 4.46. The van der Waals surface area contributed by atoms with Gasteiger partial charge in [-0.1, -0.05) is 25.1 Å². The molecule has 36 heavy (non-hydrogen) atoms. The van der Waals surface area contributed by atoms with Crippen molar-refractivity contribution in [1.29, 1.82) is 0 Å². The smallest absolute Gasteiger partial charge is 0.338 e. The number of pyridine rings is 1. The van der Waals surface area contributed by atoms with E-state index in [-0.39, 0.29) is 11.9 Å². The fraction of sp³-hybridized carbons (Fsp3) is 0.214. The molecule has 182 valence electrons. The zero-order valence-electron chi connectivity index (χ0n) is 20.0. The number of hydrogen-bond donors (Lipinski definition) is 0. The normalized spacial score (nSPS) is 14.8. The third kappa shape index (κ3) is 4.72. The lowest BCUT2D eigenvalue weighted by atomic mass is 10.0. The van der Waals surface area contributed by atoms with E-state index in [4.69, 9.17) is 14.5 Å². The Bertz CT molecular complexity index is 1400. The van der Waals surface area contributed by atoms with Crippen molar-refractivity contribution in [3.8, 4) is 27.7 Å². The number of amides is 1. The number of nitrogens with zero attached hydrogens (tertiary/aromatic N) is 3. The number of carbonyl (C=O) groups is 2. The molecule has 2 aromatic carbocycles. The van der Waals surface area contributed by atoms with E-state index >= 15 is 0 Å². The maximum atomic E-state index is 13.4. The molecule has 1 aliphatic heterocycles. The first-order valence-corrected chi connectivity index (χ1v) is 12.7. The van der Waals surface area contributed by atoms with E-state index in [0.29, 0.717) is 36.6 Å². The third-order valence-electron chi connectivity index (χ3n) is 5.89. The van der Waals surface area contributed by atoms with Crippen LogP contribution in [0.4, 0.5) is 5.69 Å². The quantitative estimate of drug-likeness (QED) is 0.301. The minimum Gasteiger partial charge on any atom is -0.478 e. The SMILES string of the molecule is CCOC(=O)c1cccc(CN2C(=O)C(CC)Oc3ccc(-c4csc(-c5ccccn5)n4)cc32)c1. The number of hydrogen-bond acceptors (Lipinski definition) is 7. The van der Waals surface area contributed by atoms with Crippen molar-refractivity contribution in [3.63, 3.8) is 0 Å². The fourth-order valence-corrected chi connectivity index (χ4v) is 4.92. The summed E-state index contributed by atoms with van der Waals surface area (Å²) in [6, 6.07) is 18.7. The average Bonchev–Trinajstić information content (AvgIpc) is 3.41. The van der Waals surface area contributed by atoms with Gasteiger partial charge in [0.25, 0.3) is 5.91 Å². The summed E-state index contributed by atoms with van der Waals surface area (Å²) >= 11 is 1.52. The molecule has 4 aromatic rings. The largest absolute Gasteiger partial charge is 0.478 e. The van der Waals surface area contributed by atoms with E-state index in [0.717, 1.165) is 27.5 Å². The Morgan fingerprint density at radius 3 is 2.75 bits per heavy atom. The Balaban J connectivity index is 1.49. The fourth-order valence-electron chi connectivity index (χ4n) is 4.11. The summed E-state index contributed by atoms with van der Waals surface area (Å²) in [6.07, 6.45) is 1.74. The molecule has 5 rings (SSSR count). The first-order chi connectivity index (χ1) is 17.6. The molecule has 1 unspecified atom stereocenters. The topological polar surface area (TPSA) is 81.6 Å². The molecule has 0 bridgehead atoms. The number of anilines is 1. The van der Waals surface area contributed by atoms with Gasteiger partial charge in [0, 0.05) is 17.1 Å². The zero-order chi connectivity index (χ0) is 25.1. The van der Waals surface area contributed by atoms with Gasteiger partial charge in [0.05, 0.1) is 35.8 Å². The van der Waals surface area contributed by atoms with Crippen LogP contribution in [0.15, 0.2) is 72.2 Å². The van der Waals surface area contributed by atoms with Crippen molar-refractivity contribution >= 4 is 28.9 Å². The van der Waals surface area contributed by atoms with Crippen LogP contribution in [-0.4, -0.2) is 34.6 Å². The van der Waals surface area contributed by atoms with Crippen molar-refractivity contribution < 1.29 is 19.1 Å². The van der Waals surface area contributed by atoms with E-state index in [1.54, 1.807) is 36.2 Å². The highest BCUT2D eigenvalue weighted by Gasteiger charge is 2.34. The number of thiazole rings is 1. The van der Waals surface area contributed by atoms with Gasteiger partial charge in [-0.15, -0.1) is 11.3 Å². The van der Waals surface area contributed by atoms with Gasteiger partial charge in [-0.2, -0.15) is 0 Å². The van der Waals surface area contributed by atoms with E-state index in [2.05, 4.69) is 4.98 Å². The van der Waals surface area contributed by atoms with Crippen molar-refractivity contribution in [2.75, 3.05) is 11.5 Å². The average molecular weight is 500 g/mol. The first kappa shape index (κ1) is 23.7. The van der Waals surface area contributed by atoms with Crippen molar-refractivity contribution in [2.24, 2.45) is 0 Å². The van der Waals surface area contributed by atoms with Crippen LogP contribution in [0, 0.1) is 0 Å². The molecule has 3 heterocycles. The summed E-state index contributed by atoms with van der Waals surface area (Å²) in [5.74, 6) is 0.150. The number of rotatable bonds is 7. The minimum atomic E-state index is -0.563. The number of esters is 1. The van der Waals surface area contributed by atoms with E-state index in [1.807, 2.05) is 54.8 Å². The Labute approximate surface area is 213 Å². The maximum absolute atomic E-state index is 13.4. The molecule has 0 fully saturated rings. The summed E-state index contributed by atoms with van der Waals surface area (Å²) in [6.45, 7) is 4.31. The number of aromatic nitrogens is 2.